The first-order valence-corrected chi connectivity index (χ1v) is 8.48. The Morgan fingerprint density at radius 3 is 2.42 bits per heavy atom. The van der Waals surface area contributed by atoms with E-state index in [0.29, 0.717) is 25.3 Å². The maximum Gasteiger partial charge on any atom is 0.241 e. The third kappa shape index (κ3) is 5.62. The van der Waals surface area contributed by atoms with Crippen molar-refractivity contribution in [3.63, 3.8) is 0 Å². The lowest BCUT2D eigenvalue weighted by atomic mass is 9.92. The molecule has 1 aromatic rings. The molecule has 2 rings (SSSR count). The lowest BCUT2D eigenvalue weighted by Gasteiger charge is -2.26. The fraction of sp³-hybridized carbons (Fsp3) is 0.556. The topological polar surface area (TPSA) is 93.5 Å². The molecule has 0 spiro atoms. The molecule has 0 radical (unpaired) electrons. The van der Waals surface area contributed by atoms with Gasteiger partial charge < -0.3 is 21.1 Å². The molecule has 1 unspecified atom stereocenters. The number of carbonyl (C=O) groups excluding carboxylic acids is 2. The summed E-state index contributed by atoms with van der Waals surface area (Å²) in [4.78, 5) is 24.0. The van der Waals surface area contributed by atoms with Gasteiger partial charge in [-0.05, 0) is 50.3 Å². The summed E-state index contributed by atoms with van der Waals surface area (Å²) in [6.45, 7) is 5.19. The van der Waals surface area contributed by atoms with Crippen LogP contribution >= 0.6 is 0 Å². The molecule has 1 atom stereocenters. The Kier molecular flexibility index (Phi) is 6.75. The predicted molar refractivity (Wildman–Crippen MR) is 93.6 cm³/mol. The van der Waals surface area contributed by atoms with Crippen molar-refractivity contribution < 1.29 is 14.3 Å². The van der Waals surface area contributed by atoms with Crippen molar-refractivity contribution in [1.29, 1.82) is 0 Å². The van der Waals surface area contributed by atoms with Gasteiger partial charge in [0, 0.05) is 24.9 Å². The number of rotatable bonds is 6. The second-order valence-electron chi connectivity index (χ2n) is 6.56. The van der Waals surface area contributed by atoms with Crippen LogP contribution in [0.15, 0.2) is 24.3 Å². The molecule has 0 bridgehead atoms. The molecule has 1 saturated heterocycles. The van der Waals surface area contributed by atoms with Crippen molar-refractivity contribution in [2.45, 2.75) is 45.2 Å². The normalized spacial score (nSPS) is 16.7. The first-order chi connectivity index (χ1) is 11.5. The summed E-state index contributed by atoms with van der Waals surface area (Å²) in [5.74, 6) is -0.0201. The molecule has 6 nitrogen and oxygen atoms in total. The second kappa shape index (κ2) is 8.80. The number of ether oxygens (including phenoxy) is 1. The van der Waals surface area contributed by atoms with Crippen LogP contribution in [0.2, 0.25) is 0 Å². The van der Waals surface area contributed by atoms with Gasteiger partial charge in [-0.2, -0.15) is 0 Å². The van der Waals surface area contributed by atoms with Crippen molar-refractivity contribution in [3.8, 4) is 0 Å². The fourth-order valence-electron chi connectivity index (χ4n) is 2.78. The molecule has 6 heteroatoms. The molecule has 0 aromatic heterocycles. The molecular formula is C18H27N3O3. The highest BCUT2D eigenvalue weighted by Gasteiger charge is 2.26. The molecule has 4 N–H and O–H groups in total. The van der Waals surface area contributed by atoms with Crippen LogP contribution in [0.25, 0.3) is 0 Å². The van der Waals surface area contributed by atoms with Crippen LogP contribution < -0.4 is 16.4 Å². The number of anilines is 1. The molecule has 0 aliphatic carbocycles. The van der Waals surface area contributed by atoms with E-state index in [0.717, 1.165) is 18.4 Å². The summed E-state index contributed by atoms with van der Waals surface area (Å²) in [7, 11) is 0. The number of nitrogens with one attached hydrogen (secondary N) is 2. The van der Waals surface area contributed by atoms with Gasteiger partial charge >= 0.3 is 0 Å². The molecule has 24 heavy (non-hydrogen) atoms. The van der Waals surface area contributed by atoms with E-state index in [1.807, 2.05) is 26.0 Å². The minimum absolute atomic E-state index is 0.0108. The standard InChI is InChI=1S/C18H27N3O3/c1-12(2)20-16(22)11-13-3-5-15(6-4-13)21-18(23)17(19)14-7-9-24-10-8-14/h3-6,12,14,17H,7-11,19H2,1-2H3,(H,20,22)(H,21,23). The van der Waals surface area contributed by atoms with Crippen molar-refractivity contribution in [3.05, 3.63) is 29.8 Å². The molecular weight excluding hydrogens is 306 g/mol. The van der Waals surface area contributed by atoms with Crippen LogP contribution in [-0.2, 0) is 20.7 Å². The summed E-state index contributed by atoms with van der Waals surface area (Å²) in [5.41, 5.74) is 7.65. The Balaban J connectivity index is 1.86. The molecule has 1 aliphatic rings. The van der Waals surface area contributed by atoms with Gasteiger partial charge in [0.15, 0.2) is 0 Å². The van der Waals surface area contributed by atoms with Gasteiger partial charge in [0.2, 0.25) is 11.8 Å². The zero-order valence-electron chi connectivity index (χ0n) is 14.4. The zero-order valence-corrected chi connectivity index (χ0v) is 14.4. The van der Waals surface area contributed by atoms with E-state index in [-0.39, 0.29) is 23.8 Å². The number of hydrogen-bond donors (Lipinski definition) is 3. The molecule has 132 valence electrons. The third-order valence-corrected chi connectivity index (χ3v) is 4.11. The van der Waals surface area contributed by atoms with Crippen LogP contribution in [-0.4, -0.2) is 37.1 Å². The first-order valence-electron chi connectivity index (χ1n) is 8.48. The van der Waals surface area contributed by atoms with E-state index in [9.17, 15) is 9.59 Å². The van der Waals surface area contributed by atoms with E-state index >= 15 is 0 Å². The van der Waals surface area contributed by atoms with E-state index in [2.05, 4.69) is 10.6 Å². The summed E-state index contributed by atoms with van der Waals surface area (Å²) in [6.07, 6.45) is 1.96. The van der Waals surface area contributed by atoms with Gasteiger partial charge in [0.1, 0.15) is 0 Å². The molecule has 1 fully saturated rings. The number of benzene rings is 1. The van der Waals surface area contributed by atoms with E-state index in [4.69, 9.17) is 10.5 Å². The second-order valence-corrected chi connectivity index (χ2v) is 6.56. The van der Waals surface area contributed by atoms with Crippen molar-refractivity contribution in [2.75, 3.05) is 18.5 Å². The van der Waals surface area contributed by atoms with Gasteiger partial charge in [-0.3, -0.25) is 9.59 Å². The van der Waals surface area contributed by atoms with Gasteiger partial charge in [-0.25, -0.2) is 0 Å². The van der Waals surface area contributed by atoms with Crippen LogP contribution in [0, 0.1) is 5.92 Å². The smallest absolute Gasteiger partial charge is 0.241 e. The van der Waals surface area contributed by atoms with E-state index in [1.54, 1.807) is 12.1 Å². The zero-order chi connectivity index (χ0) is 17.5. The molecule has 1 heterocycles. The number of hydrogen-bond acceptors (Lipinski definition) is 4. The van der Waals surface area contributed by atoms with E-state index in [1.165, 1.54) is 0 Å². The molecule has 2 amide bonds. The highest BCUT2D eigenvalue weighted by Crippen LogP contribution is 2.19. The summed E-state index contributed by atoms with van der Waals surface area (Å²) >= 11 is 0. The molecule has 1 aliphatic heterocycles. The average Bonchev–Trinajstić information content (AvgIpc) is 2.56. The highest BCUT2D eigenvalue weighted by molar-refractivity contribution is 5.95. The van der Waals surface area contributed by atoms with Crippen molar-refractivity contribution in [2.24, 2.45) is 11.7 Å². The van der Waals surface area contributed by atoms with Crippen molar-refractivity contribution in [1.82, 2.24) is 5.32 Å². The molecule has 0 saturated carbocycles. The number of nitrogens with two attached hydrogens (primary N) is 1. The van der Waals surface area contributed by atoms with Crippen LogP contribution in [0.1, 0.15) is 32.3 Å². The number of amides is 2. The Morgan fingerprint density at radius 2 is 1.83 bits per heavy atom. The molecule has 1 aromatic carbocycles. The van der Waals surface area contributed by atoms with Gasteiger partial charge in [-0.15, -0.1) is 0 Å². The lowest BCUT2D eigenvalue weighted by Crippen LogP contribution is -2.44. The van der Waals surface area contributed by atoms with Gasteiger partial charge in [0.05, 0.1) is 12.5 Å². The maximum absolute atomic E-state index is 12.3. The van der Waals surface area contributed by atoms with Gasteiger partial charge in [0.25, 0.3) is 0 Å². The monoisotopic (exact) mass is 333 g/mol. The van der Waals surface area contributed by atoms with Crippen LogP contribution in [0.4, 0.5) is 5.69 Å². The predicted octanol–water partition coefficient (Wildman–Crippen LogP) is 1.45. The van der Waals surface area contributed by atoms with Gasteiger partial charge in [-0.1, -0.05) is 12.1 Å². The van der Waals surface area contributed by atoms with E-state index < -0.39 is 6.04 Å². The third-order valence-electron chi connectivity index (χ3n) is 4.11. The SMILES string of the molecule is CC(C)NC(=O)Cc1ccc(NC(=O)C(N)C2CCOCC2)cc1. The van der Waals surface area contributed by atoms with Crippen LogP contribution in [0.5, 0.6) is 0 Å². The average molecular weight is 333 g/mol. The van der Waals surface area contributed by atoms with Crippen molar-refractivity contribution >= 4 is 17.5 Å². The Morgan fingerprint density at radius 1 is 1.21 bits per heavy atom. The summed E-state index contributed by atoms with van der Waals surface area (Å²) < 4.78 is 5.30. The Bertz CT molecular complexity index is 551. The minimum Gasteiger partial charge on any atom is -0.381 e. The number of carbonyl (C=O) groups is 2. The Hall–Kier alpha value is -1.92. The van der Waals surface area contributed by atoms with Crippen LogP contribution in [0.3, 0.4) is 0 Å². The highest BCUT2D eigenvalue weighted by atomic mass is 16.5. The first kappa shape index (κ1) is 18.4. The summed E-state index contributed by atoms with van der Waals surface area (Å²) in [5, 5.41) is 5.70. The largest absolute Gasteiger partial charge is 0.381 e. The fourth-order valence-corrected chi connectivity index (χ4v) is 2.78. The summed E-state index contributed by atoms with van der Waals surface area (Å²) in [6, 6.07) is 6.89. The minimum atomic E-state index is -0.523. The Labute approximate surface area is 143 Å². The lowest BCUT2D eigenvalue weighted by molar-refractivity contribution is -0.121. The maximum atomic E-state index is 12.3. The quantitative estimate of drug-likeness (QED) is 0.734.